The number of imidazole rings is 1. The van der Waals surface area contributed by atoms with E-state index in [1.54, 1.807) is 18.2 Å². The Hall–Kier alpha value is -4.13. The minimum Gasteiger partial charge on any atom is -0.349 e. The number of aromatic nitrogens is 2. The first-order valence-electron chi connectivity index (χ1n) is 11.4. The fourth-order valence-corrected chi connectivity index (χ4v) is 4.44. The highest BCUT2D eigenvalue weighted by molar-refractivity contribution is 6.14. The molecule has 172 valence electrons. The van der Waals surface area contributed by atoms with Crippen molar-refractivity contribution in [2.75, 3.05) is 29.6 Å². The number of rotatable bonds is 5. The lowest BCUT2D eigenvalue weighted by atomic mass is 10.1. The molecule has 2 amide bonds. The molecular formula is C27H27N5O2. The van der Waals surface area contributed by atoms with Gasteiger partial charge in [-0.25, -0.2) is 4.98 Å². The number of hydrogen-bond acceptors (Lipinski definition) is 4. The summed E-state index contributed by atoms with van der Waals surface area (Å²) >= 11 is 0. The van der Waals surface area contributed by atoms with Gasteiger partial charge in [0.1, 0.15) is 5.52 Å². The number of anilines is 3. The Bertz CT molecular complexity index is 1420. The largest absolute Gasteiger partial charge is 0.349 e. The Morgan fingerprint density at radius 3 is 2.41 bits per heavy atom. The summed E-state index contributed by atoms with van der Waals surface area (Å²) in [5, 5.41) is 5.96. The van der Waals surface area contributed by atoms with Crippen LogP contribution in [-0.2, 0) is 12.8 Å². The molecule has 1 aliphatic carbocycles. The van der Waals surface area contributed by atoms with E-state index in [0.717, 1.165) is 30.5 Å². The molecule has 0 radical (unpaired) electrons. The van der Waals surface area contributed by atoms with Gasteiger partial charge < -0.3 is 20.5 Å². The van der Waals surface area contributed by atoms with Crippen LogP contribution < -0.4 is 15.5 Å². The van der Waals surface area contributed by atoms with Crippen molar-refractivity contribution in [3.8, 4) is 0 Å². The monoisotopic (exact) mass is 453 g/mol. The zero-order valence-electron chi connectivity index (χ0n) is 19.5. The number of amides is 2. The van der Waals surface area contributed by atoms with Crippen molar-refractivity contribution < 1.29 is 9.59 Å². The number of aromatic amines is 1. The van der Waals surface area contributed by atoms with Gasteiger partial charge in [-0.1, -0.05) is 24.3 Å². The molecule has 0 saturated heterocycles. The number of hydrogen-bond donors (Lipinski definition) is 3. The van der Waals surface area contributed by atoms with Crippen LogP contribution in [0.1, 0.15) is 43.8 Å². The van der Waals surface area contributed by atoms with Crippen LogP contribution in [0, 0.1) is 6.92 Å². The minimum absolute atomic E-state index is 0.227. The van der Waals surface area contributed by atoms with Crippen LogP contribution in [0.2, 0.25) is 0 Å². The normalized spacial score (nSPS) is 12.4. The van der Waals surface area contributed by atoms with E-state index < -0.39 is 0 Å². The molecule has 0 spiro atoms. The Balaban J connectivity index is 1.50. The molecule has 34 heavy (non-hydrogen) atoms. The lowest BCUT2D eigenvalue weighted by Gasteiger charge is -2.11. The van der Waals surface area contributed by atoms with E-state index in [4.69, 9.17) is 0 Å². The van der Waals surface area contributed by atoms with Crippen LogP contribution in [0.15, 0.2) is 54.6 Å². The highest BCUT2D eigenvalue weighted by Gasteiger charge is 2.19. The molecule has 1 aliphatic rings. The van der Waals surface area contributed by atoms with Gasteiger partial charge in [0.2, 0.25) is 5.95 Å². The number of nitrogens with zero attached hydrogens (tertiary/aromatic N) is 2. The molecule has 7 heteroatoms. The van der Waals surface area contributed by atoms with Crippen LogP contribution in [0.25, 0.3) is 11.0 Å². The van der Waals surface area contributed by atoms with Crippen molar-refractivity contribution in [2.24, 2.45) is 0 Å². The van der Waals surface area contributed by atoms with Crippen molar-refractivity contribution >= 4 is 40.2 Å². The van der Waals surface area contributed by atoms with Crippen LogP contribution in [-0.4, -0.2) is 35.9 Å². The third-order valence-corrected chi connectivity index (χ3v) is 6.25. The summed E-state index contributed by atoms with van der Waals surface area (Å²) in [5.41, 5.74) is 7.01. The van der Waals surface area contributed by atoms with E-state index in [0.29, 0.717) is 33.8 Å². The van der Waals surface area contributed by atoms with E-state index >= 15 is 0 Å². The molecule has 3 aromatic carbocycles. The molecule has 0 atom stereocenters. The molecule has 5 rings (SSSR count). The van der Waals surface area contributed by atoms with E-state index in [9.17, 15) is 9.59 Å². The number of nitrogens with one attached hydrogen (secondary N) is 3. The maximum absolute atomic E-state index is 13.4. The highest BCUT2D eigenvalue weighted by atomic mass is 16.2. The van der Waals surface area contributed by atoms with Gasteiger partial charge in [-0.15, -0.1) is 0 Å². The zero-order valence-corrected chi connectivity index (χ0v) is 19.5. The average molecular weight is 454 g/mol. The van der Waals surface area contributed by atoms with E-state index in [-0.39, 0.29) is 11.8 Å². The summed E-state index contributed by atoms with van der Waals surface area (Å²) in [4.78, 5) is 36.0. The van der Waals surface area contributed by atoms with Crippen LogP contribution in [0.3, 0.4) is 0 Å². The predicted octanol–water partition coefficient (Wildman–Crippen LogP) is 4.93. The molecule has 0 bridgehead atoms. The van der Waals surface area contributed by atoms with Crippen LogP contribution >= 0.6 is 0 Å². The first-order chi connectivity index (χ1) is 16.4. The van der Waals surface area contributed by atoms with Gasteiger partial charge in [-0.2, -0.15) is 0 Å². The summed E-state index contributed by atoms with van der Waals surface area (Å²) < 4.78 is 0. The Morgan fingerprint density at radius 2 is 1.62 bits per heavy atom. The topological polar surface area (TPSA) is 90.1 Å². The summed E-state index contributed by atoms with van der Waals surface area (Å²) in [6.07, 6.45) is 3.28. The molecule has 0 fully saturated rings. The van der Waals surface area contributed by atoms with E-state index in [2.05, 4.69) is 32.7 Å². The lowest BCUT2D eigenvalue weighted by Crippen LogP contribution is -2.16. The Kier molecular flexibility index (Phi) is 5.53. The Labute approximate surface area is 198 Å². The number of aryl methyl sites for hydroxylation is 3. The van der Waals surface area contributed by atoms with Crippen molar-refractivity contribution in [2.45, 2.75) is 26.2 Å². The zero-order chi connectivity index (χ0) is 23.8. The summed E-state index contributed by atoms with van der Waals surface area (Å²) in [6, 6.07) is 17.0. The van der Waals surface area contributed by atoms with Gasteiger partial charge in [0.25, 0.3) is 11.8 Å². The standard InChI is InChI=1S/C27H27N5O2/c1-16-7-4-5-10-21(16)25(33)29-20-14-22(24-23(15-20)30-27(31-24)32(2)3)26(34)28-19-12-11-17-8-6-9-18(17)13-19/h4-5,7,10-15H,6,8-9H2,1-3H3,(H,28,34)(H,29,33)(H,30,31). The lowest BCUT2D eigenvalue weighted by molar-refractivity contribution is 0.101. The summed E-state index contributed by atoms with van der Waals surface area (Å²) in [6.45, 7) is 1.89. The molecule has 0 saturated carbocycles. The molecular weight excluding hydrogens is 426 g/mol. The molecule has 4 aromatic rings. The van der Waals surface area contributed by atoms with E-state index in [1.807, 2.05) is 50.2 Å². The second-order valence-corrected chi connectivity index (χ2v) is 8.94. The van der Waals surface area contributed by atoms with Crippen molar-refractivity contribution in [1.29, 1.82) is 0 Å². The van der Waals surface area contributed by atoms with Crippen molar-refractivity contribution in [3.63, 3.8) is 0 Å². The number of benzene rings is 3. The minimum atomic E-state index is -0.272. The van der Waals surface area contributed by atoms with Gasteiger partial charge in [0.15, 0.2) is 0 Å². The first kappa shape index (κ1) is 21.7. The SMILES string of the molecule is Cc1ccccc1C(=O)Nc1cc(C(=O)Nc2ccc3c(c2)CCC3)c2nc(N(C)C)[nH]c2c1. The molecule has 1 aromatic heterocycles. The third-order valence-electron chi connectivity index (χ3n) is 6.25. The van der Waals surface area contributed by atoms with Gasteiger partial charge in [-0.3, -0.25) is 9.59 Å². The van der Waals surface area contributed by atoms with Gasteiger partial charge in [0, 0.05) is 31.0 Å². The van der Waals surface area contributed by atoms with E-state index in [1.165, 1.54) is 11.1 Å². The molecule has 0 aliphatic heterocycles. The maximum atomic E-state index is 13.4. The van der Waals surface area contributed by atoms with Crippen LogP contribution in [0.4, 0.5) is 17.3 Å². The molecule has 0 unspecified atom stereocenters. The quantitative estimate of drug-likeness (QED) is 0.400. The predicted molar refractivity (Wildman–Crippen MR) is 136 cm³/mol. The average Bonchev–Trinajstić information content (AvgIpc) is 3.45. The highest BCUT2D eigenvalue weighted by Crippen LogP contribution is 2.28. The number of fused-ring (bicyclic) bond motifs is 2. The maximum Gasteiger partial charge on any atom is 0.258 e. The first-order valence-corrected chi connectivity index (χ1v) is 11.4. The van der Waals surface area contributed by atoms with Gasteiger partial charge in [-0.05, 0) is 73.2 Å². The van der Waals surface area contributed by atoms with Crippen molar-refractivity contribution in [3.05, 3.63) is 82.4 Å². The Morgan fingerprint density at radius 1 is 0.882 bits per heavy atom. The summed E-state index contributed by atoms with van der Waals surface area (Å²) in [5.74, 6) is 0.130. The molecule has 7 nitrogen and oxygen atoms in total. The molecule has 3 N–H and O–H groups in total. The smallest absolute Gasteiger partial charge is 0.258 e. The third kappa shape index (κ3) is 4.12. The van der Waals surface area contributed by atoms with Crippen molar-refractivity contribution in [1.82, 2.24) is 9.97 Å². The molecule has 1 heterocycles. The van der Waals surface area contributed by atoms with Gasteiger partial charge in [0.05, 0.1) is 11.1 Å². The second kappa shape index (κ2) is 8.67. The summed E-state index contributed by atoms with van der Waals surface area (Å²) in [7, 11) is 3.76. The van der Waals surface area contributed by atoms with Gasteiger partial charge >= 0.3 is 0 Å². The number of H-pyrrole nitrogens is 1. The fourth-order valence-electron chi connectivity index (χ4n) is 4.44. The number of carbonyl (C=O) groups excluding carboxylic acids is 2. The number of carbonyl (C=O) groups is 2. The second-order valence-electron chi connectivity index (χ2n) is 8.94. The fraction of sp³-hybridized carbons (Fsp3) is 0.222. The van der Waals surface area contributed by atoms with Crippen LogP contribution in [0.5, 0.6) is 0 Å².